The number of benzene rings is 1. The fourth-order valence-electron chi connectivity index (χ4n) is 2.83. The lowest BCUT2D eigenvalue weighted by Crippen LogP contribution is -2.36. The number of rotatable bonds is 2. The van der Waals surface area contributed by atoms with Crippen LogP contribution in [0, 0.1) is 5.41 Å². The Balaban J connectivity index is 1.88. The van der Waals surface area contributed by atoms with Crippen molar-refractivity contribution in [2.75, 3.05) is 18.6 Å². The van der Waals surface area contributed by atoms with Crippen LogP contribution in [0.5, 0.6) is 0 Å². The highest BCUT2D eigenvalue weighted by Crippen LogP contribution is 2.55. The van der Waals surface area contributed by atoms with Crippen LogP contribution in [0.15, 0.2) is 30.3 Å². The summed E-state index contributed by atoms with van der Waals surface area (Å²) in [6, 6.07) is 10.1. The van der Waals surface area contributed by atoms with Gasteiger partial charge in [0.25, 0.3) is 0 Å². The van der Waals surface area contributed by atoms with Crippen molar-refractivity contribution in [2.24, 2.45) is 5.41 Å². The molecular weight excluding hydrogens is 214 g/mol. The molecule has 0 bridgehead atoms. The largest absolute Gasteiger partial charge is 0.467 e. The average molecular weight is 231 g/mol. The number of para-hydroxylation sites is 1. The van der Waals surface area contributed by atoms with E-state index < -0.39 is 0 Å². The standard InChI is InChI=1S/C14H17NO2/c1-17-13(16)12-9-14(7-8-14)10-15(12)11-5-3-2-4-6-11/h2-6,12H,7-10H2,1H3/t12-/m0/s1. The Bertz CT molecular complexity index is 425. The first kappa shape index (κ1) is 10.6. The molecule has 0 amide bonds. The lowest BCUT2D eigenvalue weighted by atomic mass is 10.0. The first-order chi connectivity index (χ1) is 8.24. The number of methoxy groups -OCH3 is 1. The number of anilines is 1. The molecule has 3 heteroatoms. The summed E-state index contributed by atoms with van der Waals surface area (Å²) in [5, 5.41) is 0. The molecule has 17 heavy (non-hydrogen) atoms. The molecule has 1 atom stereocenters. The molecule has 90 valence electrons. The number of ether oxygens (including phenoxy) is 1. The van der Waals surface area contributed by atoms with E-state index in [2.05, 4.69) is 17.0 Å². The summed E-state index contributed by atoms with van der Waals surface area (Å²) >= 11 is 0. The third-order valence-corrected chi connectivity index (χ3v) is 4.03. The van der Waals surface area contributed by atoms with Crippen molar-refractivity contribution >= 4 is 11.7 Å². The van der Waals surface area contributed by atoms with Gasteiger partial charge in [-0.05, 0) is 36.8 Å². The van der Waals surface area contributed by atoms with Crippen molar-refractivity contribution in [1.82, 2.24) is 0 Å². The summed E-state index contributed by atoms with van der Waals surface area (Å²) in [6.07, 6.45) is 3.46. The minimum Gasteiger partial charge on any atom is -0.467 e. The average Bonchev–Trinajstić information content (AvgIpc) is 3.01. The smallest absolute Gasteiger partial charge is 0.328 e. The molecule has 2 aliphatic rings. The molecular formula is C14H17NO2. The monoisotopic (exact) mass is 231 g/mol. The molecule has 1 saturated carbocycles. The van der Waals surface area contributed by atoms with Gasteiger partial charge in [0.05, 0.1) is 7.11 Å². The van der Waals surface area contributed by atoms with Crippen LogP contribution in [-0.4, -0.2) is 25.7 Å². The summed E-state index contributed by atoms with van der Waals surface area (Å²) in [5.74, 6) is -0.0994. The number of hydrogen-bond acceptors (Lipinski definition) is 3. The van der Waals surface area contributed by atoms with E-state index in [1.807, 2.05) is 18.2 Å². The van der Waals surface area contributed by atoms with Crippen molar-refractivity contribution in [3.05, 3.63) is 30.3 Å². The second-order valence-corrected chi connectivity index (χ2v) is 5.21. The molecule has 1 aromatic rings. The number of nitrogens with zero attached hydrogens (tertiary/aromatic N) is 1. The van der Waals surface area contributed by atoms with Crippen LogP contribution >= 0.6 is 0 Å². The third kappa shape index (κ3) is 1.79. The minimum absolute atomic E-state index is 0.0927. The molecule has 1 aliphatic heterocycles. The topological polar surface area (TPSA) is 29.5 Å². The SMILES string of the molecule is COC(=O)[C@@H]1CC2(CC2)CN1c1ccccc1. The second-order valence-electron chi connectivity index (χ2n) is 5.21. The lowest BCUT2D eigenvalue weighted by molar-refractivity contribution is -0.142. The van der Waals surface area contributed by atoms with E-state index in [1.54, 1.807) is 0 Å². The summed E-state index contributed by atoms with van der Waals surface area (Å²) < 4.78 is 4.93. The van der Waals surface area contributed by atoms with Crippen molar-refractivity contribution < 1.29 is 9.53 Å². The van der Waals surface area contributed by atoms with Crippen molar-refractivity contribution in [2.45, 2.75) is 25.3 Å². The van der Waals surface area contributed by atoms with Gasteiger partial charge in [-0.25, -0.2) is 4.79 Å². The van der Waals surface area contributed by atoms with E-state index >= 15 is 0 Å². The number of carbonyl (C=O) groups excluding carboxylic acids is 1. The van der Waals surface area contributed by atoms with Gasteiger partial charge in [0, 0.05) is 12.2 Å². The van der Waals surface area contributed by atoms with Crippen LogP contribution < -0.4 is 4.90 Å². The van der Waals surface area contributed by atoms with Crippen molar-refractivity contribution in [3.8, 4) is 0 Å². The van der Waals surface area contributed by atoms with E-state index in [-0.39, 0.29) is 12.0 Å². The van der Waals surface area contributed by atoms with Gasteiger partial charge in [-0.1, -0.05) is 18.2 Å². The highest BCUT2D eigenvalue weighted by molar-refractivity contribution is 5.81. The third-order valence-electron chi connectivity index (χ3n) is 4.03. The van der Waals surface area contributed by atoms with Crippen LogP contribution in [0.4, 0.5) is 5.69 Å². The molecule has 0 aromatic heterocycles. The van der Waals surface area contributed by atoms with Crippen LogP contribution in [-0.2, 0) is 9.53 Å². The Morgan fingerprint density at radius 3 is 2.65 bits per heavy atom. The fraction of sp³-hybridized carbons (Fsp3) is 0.500. The summed E-state index contributed by atoms with van der Waals surface area (Å²) in [7, 11) is 1.48. The fourth-order valence-corrected chi connectivity index (χ4v) is 2.83. The zero-order chi connectivity index (χ0) is 11.9. The molecule has 3 nitrogen and oxygen atoms in total. The maximum atomic E-state index is 11.8. The van der Waals surface area contributed by atoms with E-state index in [9.17, 15) is 4.79 Å². The van der Waals surface area contributed by atoms with Gasteiger partial charge < -0.3 is 9.64 Å². The van der Waals surface area contributed by atoms with Gasteiger partial charge >= 0.3 is 5.97 Å². The van der Waals surface area contributed by atoms with Gasteiger partial charge in [0.15, 0.2) is 0 Å². The van der Waals surface area contributed by atoms with Crippen LogP contribution in [0.1, 0.15) is 19.3 Å². The molecule has 1 spiro atoms. The Labute approximate surface area is 101 Å². The highest BCUT2D eigenvalue weighted by Gasteiger charge is 2.54. The van der Waals surface area contributed by atoms with E-state index in [0.717, 1.165) is 18.7 Å². The predicted octanol–water partition coefficient (Wildman–Crippen LogP) is 2.22. The first-order valence-corrected chi connectivity index (χ1v) is 6.14. The first-order valence-electron chi connectivity index (χ1n) is 6.14. The van der Waals surface area contributed by atoms with Crippen molar-refractivity contribution in [1.29, 1.82) is 0 Å². The molecule has 1 aliphatic carbocycles. The van der Waals surface area contributed by atoms with Gasteiger partial charge in [-0.3, -0.25) is 0 Å². The maximum Gasteiger partial charge on any atom is 0.328 e. The quantitative estimate of drug-likeness (QED) is 0.731. The van der Waals surface area contributed by atoms with Crippen LogP contribution in [0.25, 0.3) is 0 Å². The van der Waals surface area contributed by atoms with Gasteiger partial charge in [-0.2, -0.15) is 0 Å². The van der Waals surface area contributed by atoms with E-state index in [1.165, 1.54) is 20.0 Å². The van der Waals surface area contributed by atoms with Crippen LogP contribution in [0.2, 0.25) is 0 Å². The van der Waals surface area contributed by atoms with Gasteiger partial charge in [-0.15, -0.1) is 0 Å². The molecule has 0 unspecified atom stereocenters. The van der Waals surface area contributed by atoms with E-state index in [0.29, 0.717) is 5.41 Å². The summed E-state index contributed by atoms with van der Waals surface area (Å²) in [6.45, 7) is 0.997. The lowest BCUT2D eigenvalue weighted by Gasteiger charge is -2.24. The molecule has 1 saturated heterocycles. The number of hydrogen-bond donors (Lipinski definition) is 0. The van der Waals surface area contributed by atoms with Gasteiger partial charge in [0.2, 0.25) is 0 Å². The number of esters is 1. The maximum absolute atomic E-state index is 11.8. The van der Waals surface area contributed by atoms with Gasteiger partial charge in [0.1, 0.15) is 6.04 Å². The minimum atomic E-state index is -0.0994. The van der Waals surface area contributed by atoms with E-state index in [4.69, 9.17) is 4.74 Å². The Morgan fingerprint density at radius 1 is 1.35 bits per heavy atom. The van der Waals surface area contributed by atoms with Crippen molar-refractivity contribution in [3.63, 3.8) is 0 Å². The van der Waals surface area contributed by atoms with Crippen LogP contribution in [0.3, 0.4) is 0 Å². The zero-order valence-electron chi connectivity index (χ0n) is 10.1. The normalized spacial score (nSPS) is 25.0. The molecule has 2 fully saturated rings. The molecule has 1 heterocycles. The molecule has 0 N–H and O–H groups in total. The molecule has 3 rings (SSSR count). The predicted molar refractivity (Wildman–Crippen MR) is 65.9 cm³/mol. The Kier molecular flexibility index (Phi) is 2.35. The highest BCUT2D eigenvalue weighted by atomic mass is 16.5. The zero-order valence-corrected chi connectivity index (χ0v) is 10.1. The molecule has 1 aromatic carbocycles. The number of carbonyl (C=O) groups is 1. The summed E-state index contributed by atoms with van der Waals surface area (Å²) in [5.41, 5.74) is 1.53. The Morgan fingerprint density at radius 2 is 2.06 bits per heavy atom. The second kappa shape index (κ2) is 3.76. The summed E-state index contributed by atoms with van der Waals surface area (Å²) in [4.78, 5) is 14.1. The Hall–Kier alpha value is -1.51. The molecule has 0 radical (unpaired) electrons.